The molecule has 1 N–H and O–H groups in total. The van der Waals surface area contributed by atoms with Gasteiger partial charge in [0.1, 0.15) is 0 Å². The van der Waals surface area contributed by atoms with Gasteiger partial charge in [0.25, 0.3) is 5.91 Å². The molecule has 0 bridgehead atoms. The molecule has 0 atom stereocenters. The van der Waals surface area contributed by atoms with Crippen molar-refractivity contribution in [1.29, 1.82) is 0 Å². The Labute approximate surface area is 133 Å². The summed E-state index contributed by atoms with van der Waals surface area (Å²) >= 11 is 3.28. The minimum absolute atomic E-state index is 0.0586. The first-order chi connectivity index (χ1) is 10.3. The third kappa shape index (κ3) is 3.86. The van der Waals surface area contributed by atoms with Crippen molar-refractivity contribution in [1.82, 2.24) is 10.3 Å². The van der Waals surface area contributed by atoms with E-state index in [1.165, 1.54) is 12.8 Å². The fraction of sp³-hybridized carbons (Fsp3) is 0.375. The molecule has 1 fully saturated rings. The maximum Gasteiger partial charge on any atom is 0.252 e. The average molecular weight is 318 g/mol. The van der Waals surface area contributed by atoms with Crippen molar-refractivity contribution in [3.8, 4) is 0 Å². The molecule has 110 valence electrons. The van der Waals surface area contributed by atoms with E-state index < -0.39 is 0 Å². The van der Waals surface area contributed by atoms with Crippen molar-refractivity contribution < 1.29 is 4.79 Å². The molecule has 1 heterocycles. The van der Waals surface area contributed by atoms with Gasteiger partial charge in [-0.25, -0.2) is 4.98 Å². The van der Waals surface area contributed by atoms with Gasteiger partial charge in [0.15, 0.2) is 0 Å². The van der Waals surface area contributed by atoms with E-state index in [9.17, 15) is 4.79 Å². The summed E-state index contributed by atoms with van der Waals surface area (Å²) in [4.78, 5) is 17.8. The van der Waals surface area contributed by atoms with Crippen LogP contribution in [0.15, 0.2) is 40.1 Å². The standard InChI is InChI=1S/C16H18N2OS2/c19-16(18-12-5-1-2-6-12)14-7-3-4-8-15(14)21-10-13-9-20-11-17-13/h3-4,7-9,11-12H,1-2,5-6,10H2,(H,18,19). The fourth-order valence-corrected chi connectivity index (χ4v) is 4.19. The number of hydrogen-bond donors (Lipinski definition) is 1. The SMILES string of the molecule is O=C(NC1CCCC1)c1ccccc1SCc1cscn1. The quantitative estimate of drug-likeness (QED) is 0.844. The van der Waals surface area contributed by atoms with Gasteiger partial charge < -0.3 is 5.32 Å². The van der Waals surface area contributed by atoms with E-state index in [1.807, 2.05) is 35.2 Å². The number of nitrogens with zero attached hydrogens (tertiary/aromatic N) is 1. The van der Waals surface area contributed by atoms with Crippen LogP contribution < -0.4 is 5.32 Å². The molecule has 0 unspecified atom stereocenters. The number of carbonyl (C=O) groups is 1. The van der Waals surface area contributed by atoms with Crippen molar-refractivity contribution in [2.75, 3.05) is 0 Å². The van der Waals surface area contributed by atoms with Gasteiger partial charge in [-0.2, -0.15) is 0 Å². The first-order valence-electron chi connectivity index (χ1n) is 7.22. The van der Waals surface area contributed by atoms with E-state index in [0.29, 0.717) is 6.04 Å². The van der Waals surface area contributed by atoms with Gasteiger partial charge in [-0.3, -0.25) is 4.79 Å². The van der Waals surface area contributed by atoms with E-state index in [-0.39, 0.29) is 5.91 Å². The summed E-state index contributed by atoms with van der Waals surface area (Å²) in [6.45, 7) is 0. The van der Waals surface area contributed by atoms with Crippen LogP contribution >= 0.6 is 23.1 Å². The topological polar surface area (TPSA) is 42.0 Å². The smallest absolute Gasteiger partial charge is 0.252 e. The number of amides is 1. The largest absolute Gasteiger partial charge is 0.349 e. The van der Waals surface area contributed by atoms with Crippen LogP contribution in [-0.4, -0.2) is 16.9 Å². The Morgan fingerprint density at radius 2 is 2.14 bits per heavy atom. The highest BCUT2D eigenvalue weighted by Gasteiger charge is 2.19. The predicted octanol–water partition coefficient (Wildman–Crippen LogP) is 4.11. The molecule has 1 aliphatic carbocycles. The van der Waals surface area contributed by atoms with Gasteiger partial charge in [0.2, 0.25) is 0 Å². The second-order valence-corrected chi connectivity index (χ2v) is 6.96. The van der Waals surface area contributed by atoms with Crippen molar-refractivity contribution in [2.24, 2.45) is 0 Å². The fourth-order valence-electron chi connectivity index (χ4n) is 2.57. The summed E-state index contributed by atoms with van der Waals surface area (Å²) in [6, 6.07) is 8.19. The molecule has 3 nitrogen and oxygen atoms in total. The molecule has 1 aromatic carbocycles. The molecule has 5 heteroatoms. The number of thiazole rings is 1. The minimum Gasteiger partial charge on any atom is -0.349 e. The van der Waals surface area contributed by atoms with Crippen LogP contribution in [0.25, 0.3) is 0 Å². The lowest BCUT2D eigenvalue weighted by Crippen LogP contribution is -2.32. The minimum atomic E-state index is 0.0586. The lowest BCUT2D eigenvalue weighted by molar-refractivity contribution is 0.0935. The molecule has 21 heavy (non-hydrogen) atoms. The van der Waals surface area contributed by atoms with Gasteiger partial charge in [0, 0.05) is 22.1 Å². The monoisotopic (exact) mass is 318 g/mol. The highest BCUT2D eigenvalue weighted by Crippen LogP contribution is 2.27. The highest BCUT2D eigenvalue weighted by molar-refractivity contribution is 7.98. The number of nitrogens with one attached hydrogen (secondary N) is 1. The van der Waals surface area contributed by atoms with Gasteiger partial charge in [-0.15, -0.1) is 23.1 Å². The van der Waals surface area contributed by atoms with Gasteiger partial charge >= 0.3 is 0 Å². The number of rotatable bonds is 5. The van der Waals surface area contributed by atoms with Crippen LogP contribution in [0.5, 0.6) is 0 Å². The van der Waals surface area contributed by atoms with E-state index in [0.717, 1.165) is 34.7 Å². The van der Waals surface area contributed by atoms with E-state index in [1.54, 1.807) is 23.1 Å². The molecule has 1 saturated carbocycles. The third-order valence-electron chi connectivity index (χ3n) is 3.68. The number of carbonyl (C=O) groups excluding carboxylic acids is 1. The van der Waals surface area contributed by atoms with Crippen LogP contribution in [0.3, 0.4) is 0 Å². The lowest BCUT2D eigenvalue weighted by Gasteiger charge is -2.14. The highest BCUT2D eigenvalue weighted by atomic mass is 32.2. The van der Waals surface area contributed by atoms with Gasteiger partial charge in [0.05, 0.1) is 16.8 Å². The molecule has 3 rings (SSSR count). The molecular formula is C16H18N2OS2. The Hall–Kier alpha value is -1.33. The third-order valence-corrected chi connectivity index (χ3v) is 5.42. The van der Waals surface area contributed by atoms with Crippen LogP contribution in [0, 0.1) is 0 Å². The summed E-state index contributed by atoms with van der Waals surface area (Å²) in [5.41, 5.74) is 3.69. The number of hydrogen-bond acceptors (Lipinski definition) is 4. The Balaban J connectivity index is 1.67. The number of benzene rings is 1. The summed E-state index contributed by atoms with van der Waals surface area (Å²) in [5.74, 6) is 0.861. The van der Waals surface area contributed by atoms with Crippen molar-refractivity contribution >= 4 is 29.0 Å². The Bertz CT molecular complexity index is 592. The van der Waals surface area contributed by atoms with Crippen LogP contribution in [0.4, 0.5) is 0 Å². The Morgan fingerprint density at radius 1 is 1.33 bits per heavy atom. The molecule has 1 aliphatic rings. The van der Waals surface area contributed by atoms with E-state index in [2.05, 4.69) is 10.3 Å². The molecule has 1 amide bonds. The summed E-state index contributed by atoms with van der Waals surface area (Å²) < 4.78 is 0. The second kappa shape index (κ2) is 7.09. The molecule has 0 saturated heterocycles. The van der Waals surface area contributed by atoms with E-state index in [4.69, 9.17) is 0 Å². The normalized spacial score (nSPS) is 15.2. The molecule has 2 aromatic rings. The zero-order valence-corrected chi connectivity index (χ0v) is 13.4. The molecule has 0 radical (unpaired) electrons. The molecule has 0 spiro atoms. The van der Waals surface area contributed by atoms with Crippen molar-refractivity contribution in [2.45, 2.75) is 42.4 Å². The summed E-state index contributed by atoms with van der Waals surface area (Å²) in [5, 5.41) is 5.21. The maximum absolute atomic E-state index is 12.4. The lowest BCUT2D eigenvalue weighted by atomic mass is 10.2. The molecule has 1 aromatic heterocycles. The Morgan fingerprint density at radius 3 is 2.90 bits per heavy atom. The van der Waals surface area contributed by atoms with Gasteiger partial charge in [-0.05, 0) is 25.0 Å². The first kappa shape index (κ1) is 14.6. The Kier molecular flexibility index (Phi) is 4.93. The van der Waals surface area contributed by atoms with E-state index >= 15 is 0 Å². The first-order valence-corrected chi connectivity index (χ1v) is 9.15. The molecule has 0 aliphatic heterocycles. The zero-order valence-electron chi connectivity index (χ0n) is 11.7. The number of thioether (sulfide) groups is 1. The average Bonchev–Trinajstić information content (AvgIpc) is 3.18. The van der Waals surface area contributed by atoms with Crippen LogP contribution in [-0.2, 0) is 5.75 Å². The maximum atomic E-state index is 12.4. The summed E-state index contributed by atoms with van der Waals surface area (Å²) in [7, 11) is 0. The van der Waals surface area contributed by atoms with Gasteiger partial charge in [-0.1, -0.05) is 25.0 Å². The summed E-state index contributed by atoms with van der Waals surface area (Å²) in [6.07, 6.45) is 4.68. The van der Waals surface area contributed by atoms with Crippen molar-refractivity contribution in [3.63, 3.8) is 0 Å². The second-order valence-electron chi connectivity index (χ2n) is 5.22. The van der Waals surface area contributed by atoms with Crippen LogP contribution in [0.1, 0.15) is 41.7 Å². The number of aromatic nitrogens is 1. The van der Waals surface area contributed by atoms with Crippen molar-refractivity contribution in [3.05, 3.63) is 46.4 Å². The molecular weight excluding hydrogens is 300 g/mol. The van der Waals surface area contributed by atoms with Crippen LogP contribution in [0.2, 0.25) is 0 Å². The zero-order chi connectivity index (χ0) is 14.5. The predicted molar refractivity (Wildman–Crippen MR) is 87.8 cm³/mol.